The Morgan fingerprint density at radius 3 is 1.97 bits per heavy atom. The van der Waals surface area contributed by atoms with E-state index < -0.39 is 11.9 Å². The average Bonchev–Trinajstić information content (AvgIpc) is 2.80. The van der Waals surface area contributed by atoms with Crippen molar-refractivity contribution in [3.63, 3.8) is 0 Å². The van der Waals surface area contributed by atoms with Crippen molar-refractivity contribution in [3.8, 4) is 5.75 Å². The number of carbonyl (C=O) groups excluding carboxylic acids is 2. The Kier molecular flexibility index (Phi) is 14.2. The van der Waals surface area contributed by atoms with Crippen LogP contribution < -0.4 is 10.1 Å². The van der Waals surface area contributed by atoms with Crippen LogP contribution in [0.25, 0.3) is 0 Å². The van der Waals surface area contributed by atoms with Crippen LogP contribution in [0.2, 0.25) is 0 Å². The molecular weight excluding hydrogens is 438 g/mol. The van der Waals surface area contributed by atoms with E-state index in [-0.39, 0.29) is 18.8 Å². The standard InChI is InChI=1S/C18H25NO4S.C8H10O/c1-4-22-17(20)16(18(21)23-5-2)12-19-15-10-8-14(9-11-15)7-6-13(3)24;1-2-9-8-6-4-3-5-7-8/h8-13,19,24H,4-7H2,1-3H3;3-7H,2H2,1H3. The highest BCUT2D eigenvalue weighted by Gasteiger charge is 2.20. The number of esters is 2. The number of ether oxygens (including phenoxy) is 3. The summed E-state index contributed by atoms with van der Waals surface area (Å²) in [5.74, 6) is -0.467. The minimum atomic E-state index is -0.706. The van der Waals surface area contributed by atoms with E-state index in [1.165, 1.54) is 11.8 Å². The average molecular weight is 474 g/mol. The van der Waals surface area contributed by atoms with Gasteiger partial charge in [0.2, 0.25) is 0 Å². The van der Waals surface area contributed by atoms with Gasteiger partial charge in [0.15, 0.2) is 5.57 Å². The normalized spacial score (nSPS) is 10.7. The number of rotatable bonds is 11. The van der Waals surface area contributed by atoms with E-state index in [2.05, 4.69) is 24.9 Å². The molecule has 2 aromatic rings. The summed E-state index contributed by atoms with van der Waals surface area (Å²) in [6.07, 6.45) is 3.28. The second-order valence-corrected chi connectivity index (χ2v) is 7.86. The molecule has 0 aliphatic rings. The van der Waals surface area contributed by atoms with Crippen LogP contribution in [0.3, 0.4) is 0 Å². The van der Waals surface area contributed by atoms with E-state index in [0.717, 1.165) is 30.9 Å². The lowest BCUT2D eigenvalue weighted by Gasteiger charge is -2.08. The molecule has 0 aliphatic carbocycles. The van der Waals surface area contributed by atoms with Crippen LogP contribution in [0.1, 0.15) is 39.7 Å². The van der Waals surface area contributed by atoms with Gasteiger partial charge in [-0.1, -0.05) is 37.3 Å². The first-order chi connectivity index (χ1) is 15.9. The monoisotopic (exact) mass is 473 g/mol. The number of carbonyl (C=O) groups is 2. The Morgan fingerprint density at radius 1 is 0.909 bits per heavy atom. The Morgan fingerprint density at radius 2 is 1.48 bits per heavy atom. The molecule has 0 aliphatic heterocycles. The molecule has 0 radical (unpaired) electrons. The lowest BCUT2D eigenvalue weighted by atomic mass is 10.1. The second-order valence-electron chi connectivity index (χ2n) is 6.97. The van der Waals surface area contributed by atoms with Gasteiger partial charge < -0.3 is 19.5 Å². The third kappa shape index (κ3) is 12.0. The maximum atomic E-state index is 11.8. The first-order valence-corrected chi connectivity index (χ1v) is 11.7. The predicted molar refractivity (Wildman–Crippen MR) is 136 cm³/mol. The van der Waals surface area contributed by atoms with Crippen molar-refractivity contribution < 1.29 is 23.8 Å². The quantitative estimate of drug-likeness (QED) is 0.149. The second kappa shape index (κ2) is 16.7. The number of thiol groups is 1. The minimum Gasteiger partial charge on any atom is -0.494 e. The fraction of sp³-hybridized carbons (Fsp3) is 0.385. The summed E-state index contributed by atoms with van der Waals surface area (Å²) in [7, 11) is 0. The van der Waals surface area contributed by atoms with Crippen LogP contribution in [0.15, 0.2) is 66.4 Å². The molecule has 0 bridgehead atoms. The van der Waals surface area contributed by atoms with E-state index in [4.69, 9.17) is 14.2 Å². The molecule has 1 N–H and O–H groups in total. The van der Waals surface area contributed by atoms with Crippen molar-refractivity contribution in [1.29, 1.82) is 0 Å². The molecule has 2 aromatic carbocycles. The fourth-order valence-electron chi connectivity index (χ4n) is 2.60. The highest BCUT2D eigenvalue weighted by Crippen LogP contribution is 2.14. The molecule has 33 heavy (non-hydrogen) atoms. The summed E-state index contributed by atoms with van der Waals surface area (Å²) < 4.78 is 15.0. The predicted octanol–water partition coefficient (Wildman–Crippen LogP) is 5.44. The van der Waals surface area contributed by atoms with Crippen LogP contribution >= 0.6 is 12.6 Å². The molecule has 0 heterocycles. The van der Waals surface area contributed by atoms with Gasteiger partial charge in [-0.05, 0) is 68.7 Å². The van der Waals surface area contributed by atoms with Gasteiger partial charge in [0.1, 0.15) is 5.75 Å². The van der Waals surface area contributed by atoms with Gasteiger partial charge in [0.25, 0.3) is 0 Å². The summed E-state index contributed by atoms with van der Waals surface area (Å²) in [6, 6.07) is 17.6. The Bertz CT molecular complexity index is 831. The number of hydrogen-bond donors (Lipinski definition) is 2. The third-order valence-electron chi connectivity index (χ3n) is 4.23. The van der Waals surface area contributed by atoms with Crippen LogP contribution in [0.4, 0.5) is 5.69 Å². The van der Waals surface area contributed by atoms with E-state index in [0.29, 0.717) is 5.25 Å². The smallest absolute Gasteiger partial charge is 0.347 e. The molecule has 0 saturated carbocycles. The molecule has 0 aromatic heterocycles. The number of para-hydroxylation sites is 1. The topological polar surface area (TPSA) is 73.9 Å². The highest BCUT2D eigenvalue weighted by atomic mass is 32.1. The zero-order chi connectivity index (χ0) is 24.5. The number of nitrogens with one attached hydrogen (secondary N) is 1. The van der Waals surface area contributed by atoms with Gasteiger partial charge >= 0.3 is 11.9 Å². The van der Waals surface area contributed by atoms with Crippen molar-refractivity contribution in [2.24, 2.45) is 0 Å². The third-order valence-corrected chi connectivity index (χ3v) is 4.49. The number of aryl methyl sites for hydroxylation is 1. The molecule has 2 rings (SSSR count). The molecular formula is C26H35NO5S. The zero-order valence-electron chi connectivity index (χ0n) is 19.9. The van der Waals surface area contributed by atoms with Crippen LogP contribution in [-0.4, -0.2) is 37.0 Å². The maximum Gasteiger partial charge on any atom is 0.347 e. The molecule has 7 heteroatoms. The minimum absolute atomic E-state index is 0.160. The zero-order valence-corrected chi connectivity index (χ0v) is 20.8. The van der Waals surface area contributed by atoms with Gasteiger partial charge in [0, 0.05) is 11.9 Å². The maximum absolute atomic E-state index is 11.8. The van der Waals surface area contributed by atoms with Crippen molar-refractivity contribution >= 4 is 30.3 Å². The lowest BCUT2D eigenvalue weighted by Crippen LogP contribution is -2.19. The Labute approximate surface area is 202 Å². The molecule has 0 spiro atoms. The first-order valence-electron chi connectivity index (χ1n) is 11.2. The van der Waals surface area contributed by atoms with Crippen molar-refractivity contribution in [1.82, 2.24) is 0 Å². The van der Waals surface area contributed by atoms with E-state index in [9.17, 15) is 9.59 Å². The van der Waals surface area contributed by atoms with Gasteiger partial charge in [-0.15, -0.1) is 0 Å². The molecule has 1 unspecified atom stereocenters. The molecule has 0 amide bonds. The Hall–Kier alpha value is -2.93. The highest BCUT2D eigenvalue weighted by molar-refractivity contribution is 7.80. The van der Waals surface area contributed by atoms with Gasteiger partial charge in [-0.25, -0.2) is 9.59 Å². The lowest BCUT2D eigenvalue weighted by molar-refractivity contribution is -0.146. The summed E-state index contributed by atoms with van der Waals surface area (Å²) >= 11 is 4.37. The molecule has 180 valence electrons. The molecule has 0 saturated heterocycles. The van der Waals surface area contributed by atoms with E-state index in [1.807, 2.05) is 61.5 Å². The summed E-state index contributed by atoms with van der Waals surface area (Å²) in [4.78, 5) is 23.7. The van der Waals surface area contributed by atoms with Gasteiger partial charge in [-0.3, -0.25) is 0 Å². The summed E-state index contributed by atoms with van der Waals surface area (Å²) in [5, 5.41) is 3.30. The van der Waals surface area contributed by atoms with Crippen LogP contribution in [0, 0.1) is 0 Å². The van der Waals surface area contributed by atoms with Crippen molar-refractivity contribution in [3.05, 3.63) is 71.9 Å². The van der Waals surface area contributed by atoms with E-state index in [1.54, 1.807) is 13.8 Å². The number of benzene rings is 2. The largest absolute Gasteiger partial charge is 0.494 e. The molecule has 6 nitrogen and oxygen atoms in total. The van der Waals surface area contributed by atoms with Gasteiger partial charge in [-0.2, -0.15) is 12.6 Å². The van der Waals surface area contributed by atoms with Crippen LogP contribution in [-0.2, 0) is 25.5 Å². The van der Waals surface area contributed by atoms with Crippen molar-refractivity contribution in [2.75, 3.05) is 25.1 Å². The first kappa shape index (κ1) is 28.1. The summed E-state index contributed by atoms with van der Waals surface area (Å²) in [5.41, 5.74) is 1.82. The van der Waals surface area contributed by atoms with Gasteiger partial charge in [0.05, 0.1) is 19.8 Å². The van der Waals surface area contributed by atoms with Crippen LogP contribution in [0.5, 0.6) is 5.75 Å². The number of anilines is 1. The van der Waals surface area contributed by atoms with E-state index >= 15 is 0 Å². The molecule has 0 fully saturated rings. The SMILES string of the molecule is CCOC(=O)C(=CNc1ccc(CCC(C)S)cc1)C(=O)OCC.CCOc1ccccc1. The van der Waals surface area contributed by atoms with Crippen molar-refractivity contribution in [2.45, 2.75) is 45.8 Å². The Balaban J connectivity index is 0.000000502. The summed E-state index contributed by atoms with van der Waals surface area (Å²) in [6.45, 7) is 8.52. The number of hydrogen-bond acceptors (Lipinski definition) is 7. The molecule has 1 atom stereocenters. The fourth-order valence-corrected chi connectivity index (χ4v) is 2.73.